The Labute approximate surface area is 150 Å². The first kappa shape index (κ1) is 17.4. The van der Waals surface area contributed by atoms with Crippen molar-refractivity contribution in [2.24, 2.45) is 0 Å². The zero-order chi connectivity index (χ0) is 19.2. The maximum absolute atomic E-state index is 12.7. The highest BCUT2D eigenvalue weighted by Gasteiger charge is 2.42. The van der Waals surface area contributed by atoms with Crippen molar-refractivity contribution >= 4 is 40.8 Å². The minimum atomic E-state index is -1.31. The largest absolute Gasteiger partial charge is 0.496 e. The van der Waals surface area contributed by atoms with E-state index in [0.717, 1.165) is 18.2 Å². The number of hydrogen-bond donors (Lipinski definition) is 1. The zero-order valence-corrected chi connectivity index (χ0v) is 13.8. The number of methoxy groups -OCH3 is 1. The average molecular weight is 377 g/mol. The summed E-state index contributed by atoms with van der Waals surface area (Å²) < 4.78 is 4.97. The van der Waals surface area contributed by atoms with Crippen LogP contribution in [0.15, 0.2) is 30.3 Å². The third-order valence-electron chi connectivity index (χ3n) is 3.83. The number of carboxylic acid groups (broad SMARTS) is 1. The second-order valence-electron chi connectivity index (χ2n) is 5.21. The molecule has 0 aromatic heterocycles. The predicted molar refractivity (Wildman–Crippen MR) is 89.2 cm³/mol. The summed E-state index contributed by atoms with van der Waals surface area (Å²) in [6.45, 7) is 0. The van der Waals surface area contributed by atoms with Crippen LogP contribution < -0.4 is 9.64 Å². The Morgan fingerprint density at radius 1 is 1.27 bits per heavy atom. The molecule has 3 rings (SSSR count). The highest BCUT2D eigenvalue weighted by molar-refractivity contribution is 6.40. The zero-order valence-electron chi connectivity index (χ0n) is 13.1. The molecule has 0 saturated heterocycles. The lowest BCUT2D eigenvalue weighted by atomic mass is 10.1. The number of carbonyl (C=O) groups excluding carboxylic acids is 2. The molecule has 1 aliphatic rings. The van der Waals surface area contributed by atoms with Gasteiger partial charge in [0.1, 0.15) is 16.9 Å². The van der Waals surface area contributed by atoms with Gasteiger partial charge in [-0.15, -0.1) is 0 Å². The van der Waals surface area contributed by atoms with E-state index in [2.05, 4.69) is 0 Å². The number of rotatable bonds is 4. The quantitative estimate of drug-likeness (QED) is 0.493. The minimum Gasteiger partial charge on any atom is -0.496 e. The van der Waals surface area contributed by atoms with Crippen LogP contribution >= 0.6 is 11.6 Å². The fourth-order valence-corrected chi connectivity index (χ4v) is 2.94. The van der Waals surface area contributed by atoms with E-state index in [1.54, 1.807) is 0 Å². The van der Waals surface area contributed by atoms with Crippen LogP contribution in [0.3, 0.4) is 0 Å². The third kappa shape index (κ3) is 2.45. The first-order valence-corrected chi connectivity index (χ1v) is 7.42. The molecule has 132 valence electrons. The van der Waals surface area contributed by atoms with E-state index >= 15 is 0 Å². The lowest BCUT2D eigenvalue weighted by molar-refractivity contribution is -0.385. The van der Waals surface area contributed by atoms with Gasteiger partial charge < -0.3 is 9.84 Å². The maximum atomic E-state index is 12.7. The minimum absolute atomic E-state index is 0.122. The van der Waals surface area contributed by atoms with E-state index < -0.39 is 28.4 Å². The van der Waals surface area contributed by atoms with Crippen LogP contribution in [0.5, 0.6) is 5.75 Å². The van der Waals surface area contributed by atoms with Gasteiger partial charge in [0.2, 0.25) is 0 Å². The molecule has 0 bridgehead atoms. The maximum Gasteiger partial charge on any atom is 0.339 e. The van der Waals surface area contributed by atoms with Crippen LogP contribution in [0.1, 0.15) is 31.1 Å². The number of benzene rings is 2. The molecule has 9 nitrogen and oxygen atoms in total. The van der Waals surface area contributed by atoms with Gasteiger partial charge in [0.25, 0.3) is 17.5 Å². The Kier molecular flexibility index (Phi) is 4.09. The topological polar surface area (TPSA) is 127 Å². The molecular formula is C16H9ClN2O7. The fourth-order valence-electron chi connectivity index (χ4n) is 2.69. The monoisotopic (exact) mass is 376 g/mol. The highest BCUT2D eigenvalue weighted by Crippen LogP contribution is 2.39. The number of anilines is 1. The van der Waals surface area contributed by atoms with Gasteiger partial charge in [0.15, 0.2) is 0 Å². The van der Waals surface area contributed by atoms with Gasteiger partial charge in [0.05, 0.1) is 28.3 Å². The molecule has 10 heteroatoms. The molecule has 1 heterocycles. The third-order valence-corrected chi connectivity index (χ3v) is 4.13. The van der Waals surface area contributed by atoms with E-state index in [1.165, 1.54) is 19.2 Å². The number of imide groups is 1. The van der Waals surface area contributed by atoms with Gasteiger partial charge >= 0.3 is 5.97 Å². The van der Waals surface area contributed by atoms with Gasteiger partial charge in [0, 0.05) is 12.1 Å². The number of carbonyl (C=O) groups is 3. The molecule has 0 spiro atoms. The number of nitro benzene ring substituents is 1. The first-order valence-electron chi connectivity index (χ1n) is 7.05. The molecule has 0 saturated carbocycles. The van der Waals surface area contributed by atoms with Gasteiger partial charge in [-0.25, -0.2) is 9.69 Å². The van der Waals surface area contributed by atoms with E-state index in [4.69, 9.17) is 21.4 Å². The molecule has 2 amide bonds. The Hall–Kier alpha value is -3.46. The second-order valence-corrected chi connectivity index (χ2v) is 5.62. The van der Waals surface area contributed by atoms with Crippen molar-refractivity contribution < 1.29 is 29.2 Å². The number of carboxylic acids is 1. The summed E-state index contributed by atoms with van der Waals surface area (Å²) in [5.74, 6) is -3.17. The SMILES string of the molecule is COc1cc(N2C(=O)c3cccc([N+](=O)[O-])c3C2=O)c(Cl)cc1C(=O)O. The summed E-state index contributed by atoms with van der Waals surface area (Å²) in [6.07, 6.45) is 0. The molecule has 0 aliphatic carbocycles. The van der Waals surface area contributed by atoms with Crippen LogP contribution in [0.25, 0.3) is 0 Å². The summed E-state index contributed by atoms with van der Waals surface area (Å²) in [5.41, 5.74) is -1.38. The van der Waals surface area contributed by atoms with Gasteiger partial charge in [-0.1, -0.05) is 17.7 Å². The van der Waals surface area contributed by atoms with Gasteiger partial charge in [-0.2, -0.15) is 0 Å². The Bertz CT molecular complexity index is 1000. The van der Waals surface area contributed by atoms with Crippen molar-refractivity contribution in [1.29, 1.82) is 0 Å². The molecule has 2 aromatic rings. The Balaban J connectivity index is 2.19. The molecule has 1 N–H and O–H groups in total. The van der Waals surface area contributed by atoms with Crippen molar-refractivity contribution in [3.8, 4) is 5.75 Å². The molecule has 0 unspecified atom stereocenters. The Morgan fingerprint density at radius 2 is 1.96 bits per heavy atom. The van der Waals surface area contributed by atoms with E-state index in [9.17, 15) is 24.5 Å². The summed E-state index contributed by atoms with van der Waals surface area (Å²) >= 11 is 6.06. The van der Waals surface area contributed by atoms with Crippen molar-refractivity contribution in [3.05, 3.63) is 62.2 Å². The summed E-state index contributed by atoms with van der Waals surface area (Å²) in [5, 5.41) is 20.1. The molecule has 26 heavy (non-hydrogen) atoms. The lowest BCUT2D eigenvalue weighted by Crippen LogP contribution is -2.30. The smallest absolute Gasteiger partial charge is 0.339 e. The summed E-state index contributed by atoms with van der Waals surface area (Å²) in [4.78, 5) is 47.6. The van der Waals surface area contributed by atoms with Crippen molar-refractivity contribution in [2.45, 2.75) is 0 Å². The van der Waals surface area contributed by atoms with E-state index in [1.807, 2.05) is 0 Å². The molecule has 0 radical (unpaired) electrons. The molecule has 0 fully saturated rings. The Morgan fingerprint density at radius 3 is 2.54 bits per heavy atom. The van der Waals surface area contributed by atoms with Crippen LogP contribution in [-0.4, -0.2) is 34.9 Å². The van der Waals surface area contributed by atoms with Gasteiger partial charge in [-0.05, 0) is 12.1 Å². The predicted octanol–water partition coefficient (Wildman–Crippen LogP) is 2.76. The van der Waals surface area contributed by atoms with E-state index in [-0.39, 0.29) is 33.1 Å². The molecular weight excluding hydrogens is 368 g/mol. The number of ether oxygens (including phenoxy) is 1. The summed E-state index contributed by atoms with van der Waals surface area (Å²) in [7, 11) is 1.21. The normalized spacial score (nSPS) is 12.9. The van der Waals surface area contributed by atoms with Crippen molar-refractivity contribution in [2.75, 3.05) is 12.0 Å². The number of fused-ring (bicyclic) bond motifs is 1. The molecule has 1 aliphatic heterocycles. The van der Waals surface area contributed by atoms with Crippen LogP contribution in [0.4, 0.5) is 11.4 Å². The first-order chi connectivity index (χ1) is 12.3. The second kappa shape index (κ2) is 6.12. The number of hydrogen-bond acceptors (Lipinski definition) is 6. The fraction of sp³-hybridized carbons (Fsp3) is 0.0625. The summed E-state index contributed by atoms with van der Waals surface area (Å²) in [6, 6.07) is 5.86. The number of halogens is 1. The van der Waals surface area contributed by atoms with Crippen molar-refractivity contribution in [3.63, 3.8) is 0 Å². The number of amides is 2. The van der Waals surface area contributed by atoms with Crippen molar-refractivity contribution in [1.82, 2.24) is 0 Å². The highest BCUT2D eigenvalue weighted by atomic mass is 35.5. The molecule has 0 atom stereocenters. The number of nitrogens with zero attached hydrogens (tertiary/aromatic N) is 2. The number of nitro groups is 1. The lowest BCUT2D eigenvalue weighted by Gasteiger charge is -2.17. The van der Waals surface area contributed by atoms with E-state index in [0.29, 0.717) is 4.90 Å². The average Bonchev–Trinajstić information content (AvgIpc) is 2.85. The molecule has 2 aromatic carbocycles. The van der Waals surface area contributed by atoms with Crippen LogP contribution in [-0.2, 0) is 0 Å². The standard InChI is InChI=1S/C16H9ClN2O7/c1-26-12-6-11(9(17)5-8(12)16(22)23)18-14(20)7-3-2-4-10(19(24)25)13(7)15(18)21/h2-6H,1H3,(H,22,23). The van der Waals surface area contributed by atoms with Crippen LogP contribution in [0.2, 0.25) is 5.02 Å². The number of aromatic carboxylic acids is 1. The van der Waals surface area contributed by atoms with Gasteiger partial charge in [-0.3, -0.25) is 19.7 Å². The van der Waals surface area contributed by atoms with Crippen LogP contribution in [0, 0.1) is 10.1 Å².